The third-order valence-electron chi connectivity index (χ3n) is 4.03. The predicted molar refractivity (Wildman–Crippen MR) is 100 cm³/mol. The van der Waals surface area contributed by atoms with Gasteiger partial charge in [0.2, 0.25) is 0 Å². The Morgan fingerprint density at radius 2 is 1.80 bits per heavy atom. The topological polar surface area (TPSA) is 47.6 Å². The monoisotopic (exact) mass is 341 g/mol. The highest BCUT2D eigenvalue weighted by Crippen LogP contribution is 2.18. The van der Waals surface area contributed by atoms with E-state index in [4.69, 9.17) is 9.47 Å². The molecule has 4 heteroatoms. The predicted octanol–water partition coefficient (Wildman–Crippen LogP) is 3.91. The first-order valence-corrected chi connectivity index (χ1v) is 8.85. The molecular weight excluding hydrogens is 314 g/mol. The van der Waals surface area contributed by atoms with Gasteiger partial charge >= 0.3 is 0 Å². The Morgan fingerprint density at radius 3 is 2.44 bits per heavy atom. The van der Waals surface area contributed by atoms with Crippen molar-refractivity contribution in [2.45, 2.75) is 39.7 Å². The van der Waals surface area contributed by atoms with Crippen molar-refractivity contribution >= 4 is 5.91 Å². The lowest BCUT2D eigenvalue weighted by atomic mass is 10.2. The van der Waals surface area contributed by atoms with Crippen LogP contribution in [0.5, 0.6) is 11.5 Å². The van der Waals surface area contributed by atoms with Gasteiger partial charge in [0, 0.05) is 0 Å². The number of aryl methyl sites for hydroxylation is 2. The van der Waals surface area contributed by atoms with E-state index >= 15 is 0 Å². The summed E-state index contributed by atoms with van der Waals surface area (Å²) in [4.78, 5) is 12.3. The molecule has 0 bridgehead atoms. The summed E-state index contributed by atoms with van der Waals surface area (Å²) in [5.74, 6) is 1.45. The van der Waals surface area contributed by atoms with Crippen LogP contribution in [0.3, 0.4) is 0 Å². The Balaban J connectivity index is 1.76. The fourth-order valence-corrected chi connectivity index (χ4v) is 2.44. The standard InChI is InChI=1S/C21H27NO3/c1-4-17-10-12-18(13-11-17)24-15-14-22-21(23)19(5-2)25-20-9-7-6-8-16(20)3/h6-13,19H,4-5,14-15H2,1-3H3,(H,22,23)/t19-/m1/s1. The number of nitrogens with one attached hydrogen (secondary N) is 1. The molecule has 1 atom stereocenters. The number of ether oxygens (including phenoxy) is 2. The zero-order chi connectivity index (χ0) is 18.1. The van der Waals surface area contributed by atoms with Gasteiger partial charge in [0.15, 0.2) is 6.10 Å². The largest absolute Gasteiger partial charge is 0.492 e. The van der Waals surface area contributed by atoms with E-state index in [0.29, 0.717) is 19.6 Å². The molecular formula is C21H27NO3. The van der Waals surface area contributed by atoms with E-state index in [2.05, 4.69) is 24.4 Å². The van der Waals surface area contributed by atoms with Gasteiger partial charge in [-0.1, -0.05) is 44.2 Å². The zero-order valence-electron chi connectivity index (χ0n) is 15.2. The fourth-order valence-electron chi connectivity index (χ4n) is 2.44. The fraction of sp³-hybridized carbons (Fsp3) is 0.381. The van der Waals surface area contributed by atoms with E-state index in [1.807, 2.05) is 50.2 Å². The van der Waals surface area contributed by atoms with E-state index in [1.54, 1.807) is 0 Å². The lowest BCUT2D eigenvalue weighted by molar-refractivity contribution is -0.128. The van der Waals surface area contributed by atoms with E-state index < -0.39 is 6.10 Å². The Morgan fingerprint density at radius 1 is 1.08 bits per heavy atom. The number of benzene rings is 2. The molecule has 1 N–H and O–H groups in total. The normalized spacial score (nSPS) is 11.6. The second-order valence-electron chi connectivity index (χ2n) is 5.92. The number of carbonyl (C=O) groups excluding carboxylic acids is 1. The van der Waals surface area contributed by atoms with Gasteiger partial charge in [0.1, 0.15) is 18.1 Å². The highest BCUT2D eigenvalue weighted by atomic mass is 16.5. The van der Waals surface area contributed by atoms with Gasteiger partial charge < -0.3 is 14.8 Å². The first-order chi connectivity index (χ1) is 12.1. The highest BCUT2D eigenvalue weighted by molar-refractivity contribution is 5.81. The van der Waals surface area contributed by atoms with Crippen LogP contribution in [0, 0.1) is 6.92 Å². The van der Waals surface area contributed by atoms with Crippen molar-refractivity contribution in [1.29, 1.82) is 0 Å². The summed E-state index contributed by atoms with van der Waals surface area (Å²) < 4.78 is 11.5. The van der Waals surface area contributed by atoms with Gasteiger partial charge in [0.05, 0.1) is 6.54 Å². The Labute approximate surface area is 150 Å². The summed E-state index contributed by atoms with van der Waals surface area (Å²) in [6.45, 7) is 6.90. The van der Waals surface area contributed by atoms with Crippen molar-refractivity contribution in [2.75, 3.05) is 13.2 Å². The summed E-state index contributed by atoms with van der Waals surface area (Å²) >= 11 is 0. The van der Waals surface area contributed by atoms with Crippen molar-refractivity contribution in [1.82, 2.24) is 5.32 Å². The second-order valence-corrected chi connectivity index (χ2v) is 5.92. The molecule has 0 unspecified atom stereocenters. The first-order valence-electron chi connectivity index (χ1n) is 8.85. The molecule has 25 heavy (non-hydrogen) atoms. The van der Waals surface area contributed by atoms with Gasteiger partial charge in [-0.05, 0) is 49.1 Å². The zero-order valence-corrected chi connectivity index (χ0v) is 15.2. The molecule has 0 spiro atoms. The van der Waals surface area contributed by atoms with Crippen molar-refractivity contribution < 1.29 is 14.3 Å². The van der Waals surface area contributed by atoms with Crippen LogP contribution in [-0.2, 0) is 11.2 Å². The molecule has 0 aliphatic heterocycles. The maximum Gasteiger partial charge on any atom is 0.261 e. The average molecular weight is 341 g/mol. The van der Waals surface area contributed by atoms with Crippen molar-refractivity contribution in [3.8, 4) is 11.5 Å². The van der Waals surface area contributed by atoms with Crippen LogP contribution in [0.25, 0.3) is 0 Å². The highest BCUT2D eigenvalue weighted by Gasteiger charge is 2.18. The number of carbonyl (C=O) groups is 1. The van der Waals surface area contributed by atoms with Gasteiger partial charge in [0.25, 0.3) is 5.91 Å². The number of rotatable bonds is 9. The maximum absolute atomic E-state index is 12.3. The quantitative estimate of drug-likeness (QED) is 0.704. The maximum atomic E-state index is 12.3. The molecule has 4 nitrogen and oxygen atoms in total. The molecule has 134 valence electrons. The van der Waals surface area contributed by atoms with Crippen LogP contribution in [-0.4, -0.2) is 25.2 Å². The van der Waals surface area contributed by atoms with Gasteiger partial charge in [-0.3, -0.25) is 4.79 Å². The molecule has 0 fully saturated rings. The molecule has 0 radical (unpaired) electrons. The molecule has 0 saturated carbocycles. The van der Waals surface area contributed by atoms with Crippen LogP contribution >= 0.6 is 0 Å². The number of hydrogen-bond donors (Lipinski definition) is 1. The lowest BCUT2D eigenvalue weighted by Gasteiger charge is -2.18. The van der Waals surface area contributed by atoms with Crippen LogP contribution < -0.4 is 14.8 Å². The minimum atomic E-state index is -0.495. The Bertz CT molecular complexity index is 667. The number of para-hydroxylation sites is 1. The minimum Gasteiger partial charge on any atom is -0.492 e. The molecule has 2 aromatic rings. The molecule has 0 saturated heterocycles. The molecule has 0 aliphatic carbocycles. The van der Waals surface area contributed by atoms with Crippen LogP contribution in [0.4, 0.5) is 0 Å². The SMILES string of the molecule is CCc1ccc(OCCNC(=O)[C@@H](CC)Oc2ccccc2C)cc1. The van der Waals surface area contributed by atoms with E-state index in [0.717, 1.165) is 23.5 Å². The molecule has 2 aromatic carbocycles. The smallest absolute Gasteiger partial charge is 0.261 e. The van der Waals surface area contributed by atoms with E-state index in [9.17, 15) is 4.79 Å². The van der Waals surface area contributed by atoms with Crippen LogP contribution in [0.2, 0.25) is 0 Å². The molecule has 2 rings (SSSR count). The second kappa shape index (κ2) is 9.72. The van der Waals surface area contributed by atoms with Crippen molar-refractivity contribution in [3.05, 3.63) is 59.7 Å². The van der Waals surface area contributed by atoms with Gasteiger partial charge in [-0.25, -0.2) is 0 Å². The summed E-state index contributed by atoms with van der Waals surface area (Å²) in [7, 11) is 0. The average Bonchev–Trinajstić information content (AvgIpc) is 2.65. The molecule has 0 aromatic heterocycles. The lowest BCUT2D eigenvalue weighted by Crippen LogP contribution is -2.39. The summed E-state index contributed by atoms with van der Waals surface area (Å²) in [6, 6.07) is 15.7. The van der Waals surface area contributed by atoms with E-state index in [-0.39, 0.29) is 5.91 Å². The van der Waals surface area contributed by atoms with Crippen LogP contribution in [0.15, 0.2) is 48.5 Å². The number of amides is 1. The van der Waals surface area contributed by atoms with Gasteiger partial charge in [-0.2, -0.15) is 0 Å². The Hall–Kier alpha value is -2.49. The molecule has 1 amide bonds. The number of hydrogen-bond acceptors (Lipinski definition) is 3. The summed E-state index contributed by atoms with van der Waals surface area (Å²) in [5.41, 5.74) is 2.30. The van der Waals surface area contributed by atoms with Gasteiger partial charge in [-0.15, -0.1) is 0 Å². The summed E-state index contributed by atoms with van der Waals surface area (Å²) in [6.07, 6.45) is 1.12. The first kappa shape index (κ1) is 18.8. The summed E-state index contributed by atoms with van der Waals surface area (Å²) in [5, 5.41) is 2.88. The van der Waals surface area contributed by atoms with Crippen LogP contribution in [0.1, 0.15) is 31.4 Å². The van der Waals surface area contributed by atoms with Crippen molar-refractivity contribution in [3.63, 3.8) is 0 Å². The third-order valence-corrected chi connectivity index (χ3v) is 4.03. The molecule has 0 heterocycles. The third kappa shape index (κ3) is 5.82. The molecule has 0 aliphatic rings. The Kier molecular flexibility index (Phi) is 7.33. The van der Waals surface area contributed by atoms with Crippen molar-refractivity contribution in [2.24, 2.45) is 0 Å². The van der Waals surface area contributed by atoms with E-state index in [1.165, 1.54) is 5.56 Å². The minimum absolute atomic E-state index is 0.115.